The summed E-state index contributed by atoms with van der Waals surface area (Å²) in [6.45, 7) is 0. The van der Waals surface area contributed by atoms with Crippen LogP contribution in [-0.2, 0) is 0 Å². The monoisotopic (exact) mass is 718 g/mol. The molecule has 0 unspecified atom stereocenters. The van der Waals surface area contributed by atoms with E-state index in [-0.39, 0.29) is 0 Å². The van der Waals surface area contributed by atoms with E-state index in [1.165, 1.54) is 117 Å². The van der Waals surface area contributed by atoms with E-state index in [4.69, 9.17) is 0 Å². The van der Waals surface area contributed by atoms with E-state index in [1.807, 2.05) is 22.7 Å². The summed E-state index contributed by atoms with van der Waals surface area (Å²) in [6.07, 6.45) is 0. The molecule has 0 atom stereocenters. The van der Waals surface area contributed by atoms with Gasteiger partial charge in [0.15, 0.2) is 0 Å². The molecule has 0 spiro atoms. The molecule has 0 aliphatic heterocycles. The average Bonchev–Trinajstić information content (AvgIpc) is 3.81. The lowest BCUT2D eigenvalue weighted by molar-refractivity contribution is 1.66. The lowest BCUT2D eigenvalue weighted by Crippen LogP contribution is -1.92. The van der Waals surface area contributed by atoms with Crippen molar-refractivity contribution in [1.29, 1.82) is 0 Å². The van der Waals surface area contributed by atoms with Gasteiger partial charge in [0.1, 0.15) is 0 Å². The first-order chi connectivity index (χ1) is 26.8. The molecule has 10 aromatic carbocycles. The molecule has 12 rings (SSSR count). The zero-order chi connectivity index (χ0) is 35.3. The molecule has 12 aromatic rings. The summed E-state index contributed by atoms with van der Waals surface area (Å²) < 4.78 is 5.44. The predicted molar refractivity (Wildman–Crippen MR) is 239 cm³/mol. The number of thiophene rings is 2. The van der Waals surface area contributed by atoms with E-state index in [2.05, 4.69) is 182 Å². The van der Waals surface area contributed by atoms with E-state index in [0.717, 1.165) is 0 Å². The van der Waals surface area contributed by atoms with Crippen molar-refractivity contribution in [3.8, 4) is 33.4 Å². The quantitative estimate of drug-likeness (QED) is 0.160. The first kappa shape index (κ1) is 30.2. The van der Waals surface area contributed by atoms with E-state index < -0.39 is 0 Å². The zero-order valence-electron chi connectivity index (χ0n) is 29.1. The fourth-order valence-corrected chi connectivity index (χ4v) is 11.7. The van der Waals surface area contributed by atoms with E-state index in [9.17, 15) is 0 Å². The number of hydrogen-bond acceptors (Lipinski definition) is 2. The number of rotatable bonds is 3. The first-order valence-electron chi connectivity index (χ1n) is 18.5. The third-order valence-electron chi connectivity index (χ3n) is 11.5. The van der Waals surface area contributed by atoms with Gasteiger partial charge >= 0.3 is 0 Å². The molecule has 0 aliphatic rings. The van der Waals surface area contributed by atoms with Gasteiger partial charge in [0.25, 0.3) is 0 Å². The van der Waals surface area contributed by atoms with Crippen LogP contribution in [0.1, 0.15) is 0 Å². The molecular weight excluding hydrogens is 689 g/mol. The van der Waals surface area contributed by atoms with E-state index in [1.54, 1.807) is 0 Å². The molecule has 0 radical (unpaired) electrons. The Labute approximate surface area is 319 Å². The van der Waals surface area contributed by atoms with Crippen LogP contribution in [-0.4, -0.2) is 0 Å². The van der Waals surface area contributed by atoms with Gasteiger partial charge in [-0.3, -0.25) is 0 Å². The largest absolute Gasteiger partial charge is 0.135 e. The lowest BCUT2D eigenvalue weighted by atomic mass is 9.83. The third kappa shape index (κ3) is 4.24. The van der Waals surface area contributed by atoms with Crippen molar-refractivity contribution < 1.29 is 0 Å². The summed E-state index contributed by atoms with van der Waals surface area (Å²) in [7, 11) is 0. The van der Waals surface area contributed by atoms with Gasteiger partial charge in [-0.1, -0.05) is 164 Å². The Bertz CT molecular complexity index is 3430. The number of benzene rings is 10. The highest BCUT2D eigenvalue weighted by Gasteiger charge is 2.21. The molecule has 0 fully saturated rings. The van der Waals surface area contributed by atoms with Crippen LogP contribution in [0.4, 0.5) is 0 Å². The Morgan fingerprint density at radius 3 is 1.46 bits per heavy atom. The second-order valence-corrected chi connectivity index (χ2v) is 16.4. The van der Waals surface area contributed by atoms with E-state index >= 15 is 0 Å². The molecule has 0 saturated carbocycles. The maximum absolute atomic E-state index is 2.48. The normalized spacial score (nSPS) is 12.1. The Kier molecular flexibility index (Phi) is 6.48. The minimum Gasteiger partial charge on any atom is -0.135 e. The highest BCUT2D eigenvalue weighted by atomic mass is 32.1. The van der Waals surface area contributed by atoms with Crippen molar-refractivity contribution in [1.82, 2.24) is 0 Å². The summed E-state index contributed by atoms with van der Waals surface area (Å²) in [4.78, 5) is 0. The van der Waals surface area contributed by atoms with Crippen molar-refractivity contribution in [2.45, 2.75) is 0 Å². The molecule has 54 heavy (non-hydrogen) atoms. The van der Waals surface area contributed by atoms with Gasteiger partial charge in [-0.25, -0.2) is 0 Å². The third-order valence-corrected chi connectivity index (χ3v) is 13.8. The Morgan fingerprint density at radius 1 is 0.259 bits per heavy atom. The fraction of sp³-hybridized carbons (Fsp3) is 0. The van der Waals surface area contributed by atoms with Crippen LogP contribution in [0, 0.1) is 0 Å². The van der Waals surface area contributed by atoms with Crippen molar-refractivity contribution in [2.24, 2.45) is 0 Å². The first-order valence-corrected chi connectivity index (χ1v) is 20.1. The maximum Gasteiger partial charge on any atom is 0.0448 e. The molecule has 0 saturated heterocycles. The molecule has 250 valence electrons. The van der Waals surface area contributed by atoms with Crippen LogP contribution < -0.4 is 0 Å². The molecule has 2 heteroatoms. The number of hydrogen-bond donors (Lipinski definition) is 0. The van der Waals surface area contributed by atoms with Crippen molar-refractivity contribution >= 4 is 106 Å². The summed E-state index contributed by atoms with van der Waals surface area (Å²) in [5.41, 5.74) is 7.65. The van der Waals surface area contributed by atoms with Crippen molar-refractivity contribution in [3.05, 3.63) is 182 Å². The minimum absolute atomic E-state index is 1.24. The van der Waals surface area contributed by atoms with Crippen LogP contribution in [0.3, 0.4) is 0 Å². The molecule has 2 heterocycles. The lowest BCUT2D eigenvalue weighted by Gasteiger charge is -2.20. The second kappa shape index (κ2) is 11.6. The fourth-order valence-electron chi connectivity index (χ4n) is 9.22. The summed E-state index contributed by atoms with van der Waals surface area (Å²) >= 11 is 3.85. The van der Waals surface area contributed by atoms with Crippen LogP contribution in [0.2, 0.25) is 0 Å². The summed E-state index contributed by atoms with van der Waals surface area (Å²) in [5, 5.41) is 15.7. The van der Waals surface area contributed by atoms with Gasteiger partial charge in [-0.05, 0) is 94.7 Å². The second-order valence-electron chi connectivity index (χ2n) is 14.3. The highest BCUT2D eigenvalue weighted by molar-refractivity contribution is 7.30. The smallest absolute Gasteiger partial charge is 0.0448 e. The van der Waals surface area contributed by atoms with Gasteiger partial charge in [-0.2, -0.15) is 0 Å². The standard InChI is InChI=1S/C52H30S2/c1-2-14-31(15-3-1)48-37-20-8-10-22-39(37)49(40-23-11-9-21-38(40)48)41-27-26-35(32-16-4-5-17-33(32)41)44-30-47-50(36-19-7-6-18-34(36)44)43-28-29-46-51(52(43)54-47)42-24-12-13-25-45(42)53-46/h1-30H. The molecular formula is C52H30S2. The van der Waals surface area contributed by atoms with E-state index in [0.29, 0.717) is 0 Å². The summed E-state index contributed by atoms with van der Waals surface area (Å²) in [6, 6.07) is 67.7. The van der Waals surface area contributed by atoms with Crippen LogP contribution in [0.25, 0.3) is 117 Å². The molecule has 0 bridgehead atoms. The van der Waals surface area contributed by atoms with Gasteiger partial charge in [0.05, 0.1) is 0 Å². The van der Waals surface area contributed by atoms with Gasteiger partial charge < -0.3 is 0 Å². The number of fused-ring (bicyclic) bond motifs is 12. The minimum atomic E-state index is 1.24. The topological polar surface area (TPSA) is 0 Å². The molecule has 2 aromatic heterocycles. The Hall–Kier alpha value is -6.32. The molecule has 0 aliphatic carbocycles. The van der Waals surface area contributed by atoms with Crippen LogP contribution >= 0.6 is 22.7 Å². The van der Waals surface area contributed by atoms with Crippen LogP contribution in [0.5, 0.6) is 0 Å². The average molecular weight is 719 g/mol. The van der Waals surface area contributed by atoms with Crippen molar-refractivity contribution in [3.63, 3.8) is 0 Å². The van der Waals surface area contributed by atoms with Gasteiger partial charge in [0, 0.05) is 40.3 Å². The molecule has 0 amide bonds. The molecule has 0 N–H and O–H groups in total. The highest BCUT2D eigenvalue weighted by Crippen LogP contribution is 2.50. The Morgan fingerprint density at radius 2 is 0.778 bits per heavy atom. The Balaban J connectivity index is 1.15. The van der Waals surface area contributed by atoms with Gasteiger partial charge in [-0.15, -0.1) is 22.7 Å². The maximum atomic E-state index is 2.48. The zero-order valence-corrected chi connectivity index (χ0v) is 30.8. The van der Waals surface area contributed by atoms with Crippen molar-refractivity contribution in [2.75, 3.05) is 0 Å². The SMILES string of the molecule is c1ccc(-c2c3ccccc3c(-c3ccc(-c4cc5sc6c(ccc7sc8ccccc8c76)c5c5ccccc45)c4ccccc34)c3ccccc23)cc1. The van der Waals surface area contributed by atoms with Crippen LogP contribution in [0.15, 0.2) is 182 Å². The molecule has 0 nitrogen and oxygen atoms in total. The summed E-state index contributed by atoms with van der Waals surface area (Å²) in [5.74, 6) is 0. The van der Waals surface area contributed by atoms with Gasteiger partial charge in [0.2, 0.25) is 0 Å². The predicted octanol–water partition coefficient (Wildman–Crippen LogP) is 16.0.